The largest absolute Gasteiger partial charge is 0.497 e. The van der Waals surface area contributed by atoms with Gasteiger partial charge in [0.1, 0.15) is 5.75 Å². The lowest BCUT2D eigenvalue weighted by Gasteiger charge is -2.11. The van der Waals surface area contributed by atoms with E-state index in [0.29, 0.717) is 29.3 Å². The number of rotatable bonds is 7. The summed E-state index contributed by atoms with van der Waals surface area (Å²) in [6.07, 6.45) is 1.81. The molecule has 25 heavy (non-hydrogen) atoms. The van der Waals surface area contributed by atoms with Crippen LogP contribution in [-0.2, 0) is 16.0 Å². The summed E-state index contributed by atoms with van der Waals surface area (Å²) >= 11 is 5.85. The molecule has 2 rings (SSSR count). The van der Waals surface area contributed by atoms with E-state index in [9.17, 15) is 9.59 Å². The summed E-state index contributed by atoms with van der Waals surface area (Å²) in [7, 11) is 2.80. The Morgan fingerprint density at radius 2 is 1.80 bits per heavy atom. The molecule has 0 unspecified atom stereocenters. The van der Waals surface area contributed by atoms with Crippen molar-refractivity contribution in [1.29, 1.82) is 0 Å². The Hall–Kier alpha value is -2.53. The van der Waals surface area contributed by atoms with Gasteiger partial charge in [0.25, 0.3) is 0 Å². The van der Waals surface area contributed by atoms with Gasteiger partial charge in [0.15, 0.2) is 0 Å². The number of benzene rings is 2. The van der Waals surface area contributed by atoms with Gasteiger partial charge >= 0.3 is 5.97 Å². The molecule has 6 heteroatoms. The fraction of sp³-hybridized carbons (Fsp3) is 0.263. The first kappa shape index (κ1) is 18.8. The van der Waals surface area contributed by atoms with Gasteiger partial charge < -0.3 is 14.8 Å². The van der Waals surface area contributed by atoms with Crippen LogP contribution >= 0.6 is 11.6 Å². The summed E-state index contributed by atoms with van der Waals surface area (Å²) in [6.45, 7) is 0. The summed E-state index contributed by atoms with van der Waals surface area (Å²) in [5, 5.41) is 3.45. The predicted molar refractivity (Wildman–Crippen MR) is 97.4 cm³/mol. The average Bonchev–Trinajstić information content (AvgIpc) is 2.63. The Kier molecular flexibility index (Phi) is 6.83. The summed E-state index contributed by atoms with van der Waals surface area (Å²) in [4.78, 5) is 24.0. The molecular weight excluding hydrogens is 342 g/mol. The molecule has 0 aliphatic heterocycles. The van der Waals surface area contributed by atoms with E-state index in [1.165, 1.54) is 20.3 Å². The standard InChI is InChI=1S/C19H20ClNO4/c1-24-15-10-11-17(16(12-15)19(23)25-2)21-18(22)5-3-4-13-6-8-14(20)9-7-13/h6-12H,3-5H2,1-2H3,(H,21,22). The molecule has 1 N–H and O–H groups in total. The minimum absolute atomic E-state index is 0.163. The lowest BCUT2D eigenvalue weighted by atomic mass is 10.1. The lowest BCUT2D eigenvalue weighted by Crippen LogP contribution is -2.15. The highest BCUT2D eigenvalue weighted by molar-refractivity contribution is 6.30. The number of hydrogen-bond acceptors (Lipinski definition) is 4. The van der Waals surface area contributed by atoms with E-state index in [1.807, 2.05) is 24.3 Å². The Balaban J connectivity index is 1.95. The van der Waals surface area contributed by atoms with Crippen LogP contribution in [0, 0.1) is 0 Å². The number of esters is 1. The highest BCUT2D eigenvalue weighted by Crippen LogP contribution is 2.23. The Labute approximate surface area is 151 Å². The molecule has 0 fully saturated rings. The smallest absolute Gasteiger partial charge is 0.340 e. The molecule has 0 aliphatic carbocycles. The molecule has 0 radical (unpaired) electrons. The second kappa shape index (κ2) is 9.08. The van der Waals surface area contributed by atoms with Crippen LogP contribution in [0.5, 0.6) is 5.75 Å². The van der Waals surface area contributed by atoms with Crippen LogP contribution in [-0.4, -0.2) is 26.1 Å². The Bertz CT molecular complexity index is 744. The van der Waals surface area contributed by atoms with Crippen molar-refractivity contribution >= 4 is 29.2 Å². The third kappa shape index (κ3) is 5.50. The van der Waals surface area contributed by atoms with E-state index in [-0.39, 0.29) is 11.5 Å². The van der Waals surface area contributed by atoms with Crippen molar-refractivity contribution in [3.8, 4) is 5.75 Å². The van der Waals surface area contributed by atoms with E-state index in [2.05, 4.69) is 5.32 Å². The topological polar surface area (TPSA) is 64.6 Å². The summed E-state index contributed by atoms with van der Waals surface area (Å²) in [6, 6.07) is 12.4. The summed E-state index contributed by atoms with van der Waals surface area (Å²) in [5.41, 5.74) is 1.79. The van der Waals surface area contributed by atoms with E-state index >= 15 is 0 Å². The van der Waals surface area contributed by atoms with Crippen molar-refractivity contribution < 1.29 is 19.1 Å². The molecule has 132 valence electrons. The maximum atomic E-state index is 12.2. The predicted octanol–water partition coefficient (Wildman–Crippen LogP) is 4.10. The highest BCUT2D eigenvalue weighted by atomic mass is 35.5. The van der Waals surface area contributed by atoms with Crippen LogP contribution in [0.2, 0.25) is 5.02 Å². The molecule has 2 aromatic carbocycles. The Morgan fingerprint density at radius 1 is 1.08 bits per heavy atom. The van der Waals surface area contributed by atoms with Crippen LogP contribution in [0.3, 0.4) is 0 Å². The second-order valence-electron chi connectivity index (χ2n) is 5.43. The molecule has 0 spiro atoms. The molecule has 0 heterocycles. The molecule has 0 saturated carbocycles. The normalized spacial score (nSPS) is 10.2. The lowest BCUT2D eigenvalue weighted by molar-refractivity contribution is -0.116. The number of amides is 1. The van der Waals surface area contributed by atoms with Gasteiger partial charge in [-0.2, -0.15) is 0 Å². The van der Waals surface area contributed by atoms with E-state index in [0.717, 1.165) is 12.0 Å². The Morgan fingerprint density at radius 3 is 2.44 bits per heavy atom. The maximum Gasteiger partial charge on any atom is 0.340 e. The monoisotopic (exact) mass is 361 g/mol. The van der Waals surface area contributed by atoms with Crippen molar-refractivity contribution in [3.63, 3.8) is 0 Å². The summed E-state index contributed by atoms with van der Waals surface area (Å²) in [5.74, 6) is -0.180. The van der Waals surface area contributed by atoms with Gasteiger partial charge in [-0.3, -0.25) is 4.79 Å². The summed E-state index contributed by atoms with van der Waals surface area (Å²) < 4.78 is 9.85. The fourth-order valence-electron chi connectivity index (χ4n) is 2.36. The van der Waals surface area contributed by atoms with E-state index in [4.69, 9.17) is 21.1 Å². The third-order valence-electron chi connectivity index (χ3n) is 3.69. The molecule has 0 bridgehead atoms. The number of anilines is 1. The SMILES string of the molecule is COC(=O)c1cc(OC)ccc1NC(=O)CCCc1ccc(Cl)cc1. The molecule has 0 aromatic heterocycles. The molecule has 0 atom stereocenters. The van der Waals surface area contributed by atoms with Crippen LogP contribution in [0.15, 0.2) is 42.5 Å². The molecule has 0 saturated heterocycles. The first-order valence-electron chi connectivity index (χ1n) is 7.84. The van der Waals surface area contributed by atoms with Crippen molar-refractivity contribution in [1.82, 2.24) is 0 Å². The molecule has 2 aromatic rings. The molecule has 1 amide bonds. The molecule has 5 nitrogen and oxygen atoms in total. The number of carbonyl (C=O) groups is 2. The minimum atomic E-state index is -0.532. The van der Waals surface area contributed by atoms with E-state index in [1.54, 1.807) is 12.1 Å². The molecule has 0 aliphatic rings. The number of nitrogens with one attached hydrogen (secondary N) is 1. The first-order chi connectivity index (χ1) is 12.0. The fourth-order valence-corrected chi connectivity index (χ4v) is 2.48. The van der Waals surface area contributed by atoms with Gasteiger partial charge in [-0.1, -0.05) is 23.7 Å². The molecular formula is C19H20ClNO4. The third-order valence-corrected chi connectivity index (χ3v) is 3.94. The average molecular weight is 362 g/mol. The van der Waals surface area contributed by atoms with Crippen LogP contribution < -0.4 is 10.1 Å². The van der Waals surface area contributed by atoms with Gasteiger partial charge in [0, 0.05) is 11.4 Å². The number of methoxy groups -OCH3 is 2. The van der Waals surface area contributed by atoms with Gasteiger partial charge in [-0.25, -0.2) is 4.79 Å². The van der Waals surface area contributed by atoms with Crippen molar-refractivity contribution in [2.45, 2.75) is 19.3 Å². The van der Waals surface area contributed by atoms with Gasteiger partial charge in [-0.05, 0) is 48.7 Å². The van der Waals surface area contributed by atoms with Crippen molar-refractivity contribution in [3.05, 3.63) is 58.6 Å². The number of halogens is 1. The number of hydrogen-bond donors (Lipinski definition) is 1. The van der Waals surface area contributed by atoms with Crippen molar-refractivity contribution in [2.24, 2.45) is 0 Å². The first-order valence-corrected chi connectivity index (χ1v) is 8.22. The zero-order valence-electron chi connectivity index (χ0n) is 14.2. The van der Waals surface area contributed by atoms with Crippen LogP contribution in [0.1, 0.15) is 28.8 Å². The second-order valence-corrected chi connectivity index (χ2v) is 5.87. The zero-order chi connectivity index (χ0) is 18.2. The van der Waals surface area contributed by atoms with Crippen molar-refractivity contribution in [2.75, 3.05) is 19.5 Å². The zero-order valence-corrected chi connectivity index (χ0v) is 14.9. The van der Waals surface area contributed by atoms with Gasteiger partial charge in [0.2, 0.25) is 5.91 Å². The quantitative estimate of drug-likeness (QED) is 0.754. The number of aryl methyl sites for hydroxylation is 1. The van der Waals surface area contributed by atoms with Gasteiger partial charge in [0.05, 0.1) is 25.5 Å². The maximum absolute atomic E-state index is 12.2. The van der Waals surface area contributed by atoms with Crippen LogP contribution in [0.4, 0.5) is 5.69 Å². The van der Waals surface area contributed by atoms with Crippen LogP contribution in [0.25, 0.3) is 0 Å². The van der Waals surface area contributed by atoms with Gasteiger partial charge in [-0.15, -0.1) is 0 Å². The number of carbonyl (C=O) groups excluding carboxylic acids is 2. The van der Waals surface area contributed by atoms with E-state index < -0.39 is 5.97 Å². The highest BCUT2D eigenvalue weighted by Gasteiger charge is 2.15. The number of ether oxygens (including phenoxy) is 2. The minimum Gasteiger partial charge on any atom is -0.497 e.